The Morgan fingerprint density at radius 1 is 0.872 bits per heavy atom. The predicted octanol–water partition coefficient (Wildman–Crippen LogP) is 5.90. The van der Waals surface area contributed by atoms with Gasteiger partial charge in [-0.25, -0.2) is 4.79 Å². The molecule has 0 aliphatic heterocycles. The first-order chi connectivity index (χ1) is 18.7. The second-order valence-electron chi connectivity index (χ2n) is 10.3. The molecule has 0 bridgehead atoms. The van der Waals surface area contributed by atoms with Gasteiger partial charge >= 0.3 is 11.9 Å². The van der Waals surface area contributed by atoms with Crippen LogP contribution in [0.4, 0.5) is 0 Å². The van der Waals surface area contributed by atoms with Gasteiger partial charge in [0.1, 0.15) is 30.8 Å². The van der Waals surface area contributed by atoms with E-state index in [2.05, 4.69) is 5.32 Å². The molecule has 1 unspecified atom stereocenters. The number of unbranched alkanes of at least 4 members (excludes halogenated alkanes) is 2. The maximum atomic E-state index is 12.5. The average molecular weight is 534 g/mol. The van der Waals surface area contributed by atoms with E-state index in [0.717, 1.165) is 36.0 Å². The van der Waals surface area contributed by atoms with E-state index in [1.54, 1.807) is 6.07 Å². The van der Waals surface area contributed by atoms with Gasteiger partial charge in [0.25, 0.3) is 0 Å². The third-order valence-electron chi connectivity index (χ3n) is 5.76. The molecule has 0 amide bonds. The van der Waals surface area contributed by atoms with Crippen LogP contribution < -0.4 is 10.1 Å². The molecule has 0 aliphatic rings. The quantitative estimate of drug-likeness (QED) is 0.151. The lowest BCUT2D eigenvalue weighted by atomic mass is 10.0. The maximum Gasteiger partial charge on any atom is 0.338 e. The minimum absolute atomic E-state index is 0.111. The van der Waals surface area contributed by atoms with Crippen molar-refractivity contribution < 1.29 is 28.9 Å². The van der Waals surface area contributed by atoms with Gasteiger partial charge in [-0.05, 0) is 81.1 Å². The maximum absolute atomic E-state index is 12.5. The van der Waals surface area contributed by atoms with E-state index < -0.39 is 11.8 Å². The molecular formula is C32H39NO6. The number of carbonyl (C=O) groups is 2. The Morgan fingerprint density at radius 2 is 1.62 bits per heavy atom. The molecule has 208 valence electrons. The molecule has 39 heavy (non-hydrogen) atoms. The summed E-state index contributed by atoms with van der Waals surface area (Å²) in [6.45, 7) is 6.55. The van der Waals surface area contributed by atoms with E-state index in [9.17, 15) is 14.7 Å². The van der Waals surface area contributed by atoms with Crippen molar-refractivity contribution in [1.82, 2.24) is 5.32 Å². The molecule has 3 aromatic rings. The molecular weight excluding hydrogens is 494 g/mol. The molecule has 3 aromatic carbocycles. The normalized spacial score (nSPS) is 12.0. The van der Waals surface area contributed by atoms with Crippen molar-refractivity contribution in [3.8, 4) is 16.9 Å². The molecule has 7 heteroatoms. The van der Waals surface area contributed by atoms with Gasteiger partial charge in [-0.15, -0.1) is 0 Å². The minimum Gasteiger partial charge on any atom is -0.489 e. The zero-order valence-electron chi connectivity index (χ0n) is 23.0. The topological polar surface area (TPSA) is 94.1 Å². The van der Waals surface area contributed by atoms with Gasteiger partial charge in [-0.3, -0.25) is 10.1 Å². The number of carbonyl (C=O) groups excluding carboxylic acids is 2. The van der Waals surface area contributed by atoms with Crippen LogP contribution in [-0.4, -0.2) is 42.0 Å². The van der Waals surface area contributed by atoms with Crippen molar-refractivity contribution in [3.63, 3.8) is 0 Å². The van der Waals surface area contributed by atoms with E-state index in [-0.39, 0.29) is 25.2 Å². The summed E-state index contributed by atoms with van der Waals surface area (Å²) in [5.41, 5.74) is 2.80. The third-order valence-corrected chi connectivity index (χ3v) is 5.76. The Morgan fingerprint density at radius 3 is 2.33 bits per heavy atom. The van der Waals surface area contributed by atoms with E-state index in [0.29, 0.717) is 24.3 Å². The molecule has 0 fully saturated rings. The standard InChI is InChI=1S/C32H39NO6/c1-32(2,3)39-30(35)15-8-5-9-20-33-29(34)23-37-28-18-16-25(17-19-28)26-13-10-14-27(21-26)31(36)38-22-24-11-6-4-7-12-24/h4,6-7,10-14,16-19,21,29,33-34H,5,8-9,15,20,22-23H2,1-3H3. The fraction of sp³-hybridized carbons (Fsp3) is 0.375. The third kappa shape index (κ3) is 11.3. The largest absolute Gasteiger partial charge is 0.489 e. The van der Waals surface area contributed by atoms with Crippen molar-refractivity contribution in [2.24, 2.45) is 0 Å². The molecule has 0 aliphatic carbocycles. The Kier molecular flexibility index (Phi) is 11.5. The number of hydrogen-bond acceptors (Lipinski definition) is 7. The number of aliphatic hydroxyl groups is 1. The molecule has 1 atom stereocenters. The van der Waals surface area contributed by atoms with Gasteiger partial charge < -0.3 is 19.3 Å². The number of nitrogens with one attached hydrogen (secondary N) is 1. The summed E-state index contributed by atoms with van der Waals surface area (Å²) in [6.07, 6.45) is 2.07. The van der Waals surface area contributed by atoms with Crippen LogP contribution in [0.5, 0.6) is 5.75 Å². The Bertz CT molecular complexity index is 1170. The fourth-order valence-corrected chi connectivity index (χ4v) is 3.84. The van der Waals surface area contributed by atoms with Gasteiger partial charge in [-0.2, -0.15) is 0 Å². The van der Waals surface area contributed by atoms with Crippen LogP contribution >= 0.6 is 0 Å². The van der Waals surface area contributed by atoms with Gasteiger partial charge in [0, 0.05) is 6.42 Å². The van der Waals surface area contributed by atoms with E-state index in [4.69, 9.17) is 14.2 Å². The van der Waals surface area contributed by atoms with Crippen molar-refractivity contribution in [1.29, 1.82) is 0 Å². The lowest BCUT2D eigenvalue weighted by Gasteiger charge is -2.19. The summed E-state index contributed by atoms with van der Waals surface area (Å²) in [6, 6.07) is 24.4. The molecule has 2 N–H and O–H groups in total. The van der Waals surface area contributed by atoms with Gasteiger partial charge in [-0.1, -0.05) is 61.0 Å². The van der Waals surface area contributed by atoms with Crippen LogP contribution in [0.1, 0.15) is 62.4 Å². The summed E-state index contributed by atoms with van der Waals surface area (Å²) in [4.78, 5) is 24.2. The van der Waals surface area contributed by atoms with Crippen LogP contribution in [0, 0.1) is 0 Å². The first kappa shape index (κ1) is 29.9. The molecule has 0 aromatic heterocycles. The zero-order valence-corrected chi connectivity index (χ0v) is 23.0. The Labute approximate surface area is 231 Å². The Balaban J connectivity index is 1.37. The first-order valence-electron chi connectivity index (χ1n) is 13.4. The number of hydrogen-bond donors (Lipinski definition) is 2. The van der Waals surface area contributed by atoms with Crippen LogP contribution in [-0.2, 0) is 20.9 Å². The predicted molar refractivity (Wildman–Crippen MR) is 151 cm³/mol. The Hall–Kier alpha value is -3.68. The van der Waals surface area contributed by atoms with Crippen molar-refractivity contribution in [3.05, 3.63) is 90.0 Å². The number of benzene rings is 3. The molecule has 0 spiro atoms. The monoisotopic (exact) mass is 533 g/mol. The van der Waals surface area contributed by atoms with E-state index in [1.807, 2.05) is 93.6 Å². The van der Waals surface area contributed by atoms with Crippen LogP contribution in [0.15, 0.2) is 78.9 Å². The van der Waals surface area contributed by atoms with Gasteiger partial charge in [0.15, 0.2) is 0 Å². The highest BCUT2D eigenvalue weighted by atomic mass is 16.6. The molecule has 3 rings (SSSR count). The molecule has 0 radical (unpaired) electrons. The molecule has 7 nitrogen and oxygen atoms in total. The highest BCUT2D eigenvalue weighted by Gasteiger charge is 2.15. The van der Waals surface area contributed by atoms with Crippen LogP contribution in [0.2, 0.25) is 0 Å². The summed E-state index contributed by atoms with van der Waals surface area (Å²) >= 11 is 0. The van der Waals surface area contributed by atoms with Crippen LogP contribution in [0.25, 0.3) is 11.1 Å². The van der Waals surface area contributed by atoms with Crippen molar-refractivity contribution in [2.45, 2.75) is 64.9 Å². The van der Waals surface area contributed by atoms with E-state index >= 15 is 0 Å². The minimum atomic E-state index is -0.797. The fourth-order valence-electron chi connectivity index (χ4n) is 3.84. The van der Waals surface area contributed by atoms with E-state index in [1.165, 1.54) is 0 Å². The molecule has 0 saturated heterocycles. The zero-order chi connectivity index (χ0) is 28.1. The highest BCUT2D eigenvalue weighted by Crippen LogP contribution is 2.24. The SMILES string of the molecule is CC(C)(C)OC(=O)CCCCCNC(O)COc1ccc(-c2cccc(C(=O)OCc3ccccc3)c2)cc1. The summed E-state index contributed by atoms with van der Waals surface area (Å²) in [5, 5.41) is 13.2. The van der Waals surface area contributed by atoms with Crippen molar-refractivity contribution >= 4 is 11.9 Å². The second kappa shape index (κ2) is 15.0. The average Bonchev–Trinajstić information content (AvgIpc) is 2.92. The highest BCUT2D eigenvalue weighted by molar-refractivity contribution is 5.91. The number of esters is 2. The lowest BCUT2D eigenvalue weighted by Crippen LogP contribution is -2.35. The lowest BCUT2D eigenvalue weighted by molar-refractivity contribution is -0.154. The summed E-state index contributed by atoms with van der Waals surface area (Å²) < 4.78 is 16.4. The summed E-state index contributed by atoms with van der Waals surface area (Å²) in [7, 11) is 0. The summed E-state index contributed by atoms with van der Waals surface area (Å²) in [5.74, 6) is 0.0875. The second-order valence-corrected chi connectivity index (χ2v) is 10.3. The van der Waals surface area contributed by atoms with Gasteiger partial charge in [0.2, 0.25) is 0 Å². The molecule has 0 heterocycles. The smallest absolute Gasteiger partial charge is 0.338 e. The van der Waals surface area contributed by atoms with Gasteiger partial charge in [0.05, 0.1) is 5.56 Å². The van der Waals surface area contributed by atoms with Crippen molar-refractivity contribution in [2.75, 3.05) is 13.2 Å². The number of rotatable bonds is 14. The number of ether oxygens (including phenoxy) is 3. The molecule has 0 saturated carbocycles. The van der Waals surface area contributed by atoms with Crippen LogP contribution in [0.3, 0.4) is 0 Å². The first-order valence-corrected chi connectivity index (χ1v) is 13.4. The number of aliphatic hydroxyl groups excluding tert-OH is 1.